The van der Waals surface area contributed by atoms with Gasteiger partial charge < -0.3 is 10.3 Å². The Labute approximate surface area is 205 Å². The molecule has 2 N–H and O–H groups in total. The summed E-state index contributed by atoms with van der Waals surface area (Å²) in [4.78, 5) is 49.0. The van der Waals surface area contributed by atoms with Crippen LogP contribution in [0.25, 0.3) is 10.9 Å². The number of nitrogens with zero attached hydrogens (tertiary/aromatic N) is 4. The van der Waals surface area contributed by atoms with Crippen LogP contribution in [-0.4, -0.2) is 39.4 Å². The van der Waals surface area contributed by atoms with E-state index < -0.39 is 23.9 Å². The van der Waals surface area contributed by atoms with Crippen LogP contribution in [0.4, 0.5) is 5.69 Å². The van der Waals surface area contributed by atoms with Gasteiger partial charge in [-0.15, -0.1) is 0 Å². The third-order valence-corrected chi connectivity index (χ3v) is 6.38. The molecule has 9 heteroatoms. The van der Waals surface area contributed by atoms with Crippen molar-refractivity contribution < 1.29 is 14.5 Å². The number of fused-ring (bicyclic) bond motifs is 4. The Morgan fingerprint density at radius 1 is 1.00 bits per heavy atom. The summed E-state index contributed by atoms with van der Waals surface area (Å²) in [5.74, 6) is -0.911. The van der Waals surface area contributed by atoms with E-state index in [0.717, 1.165) is 22.0 Å². The highest BCUT2D eigenvalue weighted by Crippen LogP contribution is 2.37. The fourth-order valence-corrected chi connectivity index (χ4v) is 4.52. The molecule has 2 amide bonds. The summed E-state index contributed by atoms with van der Waals surface area (Å²) in [7, 11) is 0. The number of nitroso groups, excluding NO2 is 1. The van der Waals surface area contributed by atoms with Crippen molar-refractivity contribution in [2.24, 2.45) is 10.1 Å². The topological polar surface area (TPSA) is 110 Å². The lowest BCUT2D eigenvalue weighted by Gasteiger charge is -2.25. The van der Waals surface area contributed by atoms with Gasteiger partial charge in [0.15, 0.2) is 10.7 Å². The van der Waals surface area contributed by atoms with E-state index in [4.69, 9.17) is 4.99 Å². The number of aromatic amines is 1. The molecule has 0 radical (unpaired) electrons. The molecule has 0 spiro atoms. The number of hydrogen-bond donors (Lipinski definition) is 2. The summed E-state index contributed by atoms with van der Waals surface area (Å²) in [6, 6.07) is 24.6. The number of H-pyrrole nitrogens is 1. The molecule has 3 aromatic carbocycles. The molecule has 6 rings (SSSR count). The average Bonchev–Trinajstić information content (AvgIpc) is 3.29. The third-order valence-electron chi connectivity index (χ3n) is 6.38. The van der Waals surface area contributed by atoms with Crippen LogP contribution in [-0.2, 0) is 4.79 Å². The van der Waals surface area contributed by atoms with E-state index >= 15 is 0 Å². The molecule has 0 aliphatic carbocycles. The number of amidine groups is 2. The number of anilines is 1. The number of carbonyl (C=O) groups excluding carboxylic acids is 2. The largest absolute Gasteiger partial charge is 0.351 e. The first kappa shape index (κ1) is 21.6. The summed E-state index contributed by atoms with van der Waals surface area (Å²) in [6.45, 7) is 1.50. The zero-order valence-electron chi connectivity index (χ0n) is 19.3. The number of benzene rings is 3. The Hall–Kier alpha value is -4.92. The van der Waals surface area contributed by atoms with Crippen molar-refractivity contribution >= 4 is 40.1 Å². The first-order valence-corrected chi connectivity index (χ1v) is 11.5. The highest BCUT2D eigenvalue weighted by molar-refractivity contribution is 6.52. The molecule has 176 valence electrons. The van der Waals surface area contributed by atoms with Crippen molar-refractivity contribution in [2.45, 2.75) is 19.0 Å². The van der Waals surface area contributed by atoms with Gasteiger partial charge in [-0.2, -0.15) is 0 Å². The third kappa shape index (κ3) is 3.49. The molecule has 0 saturated heterocycles. The first-order valence-electron chi connectivity index (χ1n) is 11.5. The fourth-order valence-electron chi connectivity index (χ4n) is 4.52. The van der Waals surface area contributed by atoms with E-state index in [1.807, 2.05) is 72.8 Å². The molecule has 0 fully saturated rings. The normalized spacial score (nSPS) is 19.2. The summed E-state index contributed by atoms with van der Waals surface area (Å²) >= 11 is 0. The van der Waals surface area contributed by atoms with Gasteiger partial charge in [0.25, 0.3) is 11.7 Å². The summed E-state index contributed by atoms with van der Waals surface area (Å²) in [5, 5.41) is 7.83. The highest BCUT2D eigenvalue weighted by Gasteiger charge is 2.47. The maximum Gasteiger partial charge on any atom is 0.312 e. The number of aromatic nitrogens is 1. The SMILES string of the molecule is CC1C(=O)N2C(=N[N+]1=O)C(NC(=O)c1cc3ccccc3[nH]1)=NC(c1ccccc1)c1ccccc12. The molecule has 1 aromatic heterocycles. The molecule has 2 unspecified atom stereocenters. The smallest absolute Gasteiger partial charge is 0.312 e. The van der Waals surface area contributed by atoms with Crippen molar-refractivity contribution in [1.82, 2.24) is 10.3 Å². The molecule has 4 aromatic rings. The second-order valence-electron chi connectivity index (χ2n) is 8.65. The van der Waals surface area contributed by atoms with Crippen LogP contribution in [0, 0.1) is 4.91 Å². The van der Waals surface area contributed by atoms with Crippen LogP contribution in [0.3, 0.4) is 0 Å². The minimum atomic E-state index is -1.03. The van der Waals surface area contributed by atoms with E-state index in [2.05, 4.69) is 15.4 Å². The summed E-state index contributed by atoms with van der Waals surface area (Å²) in [5.41, 5.74) is 3.31. The lowest BCUT2D eigenvalue weighted by atomic mass is 9.97. The van der Waals surface area contributed by atoms with Gasteiger partial charge in [-0.05, 0) is 23.8 Å². The van der Waals surface area contributed by atoms with Gasteiger partial charge >= 0.3 is 11.9 Å². The van der Waals surface area contributed by atoms with Gasteiger partial charge in [0.1, 0.15) is 11.7 Å². The van der Waals surface area contributed by atoms with Crippen molar-refractivity contribution in [2.75, 3.05) is 4.90 Å². The van der Waals surface area contributed by atoms with Gasteiger partial charge in [-0.3, -0.25) is 19.5 Å². The van der Waals surface area contributed by atoms with Crippen LogP contribution >= 0.6 is 0 Å². The van der Waals surface area contributed by atoms with E-state index in [0.29, 0.717) is 16.3 Å². The van der Waals surface area contributed by atoms with Crippen LogP contribution in [0.5, 0.6) is 0 Å². The number of amides is 2. The second kappa shape index (κ2) is 8.38. The van der Waals surface area contributed by atoms with E-state index in [1.54, 1.807) is 12.1 Å². The number of rotatable bonds is 2. The van der Waals surface area contributed by atoms with Gasteiger partial charge in [0, 0.05) is 23.4 Å². The van der Waals surface area contributed by atoms with Crippen LogP contribution < -0.4 is 10.2 Å². The van der Waals surface area contributed by atoms with Crippen molar-refractivity contribution in [3.8, 4) is 0 Å². The Balaban J connectivity index is 1.52. The Kier molecular flexibility index (Phi) is 5.03. The summed E-state index contributed by atoms with van der Waals surface area (Å²) < 4.78 is 0. The number of hydrazone groups is 1. The minimum Gasteiger partial charge on any atom is -0.351 e. The highest BCUT2D eigenvalue weighted by atomic mass is 16.3. The summed E-state index contributed by atoms with van der Waals surface area (Å²) in [6.07, 6.45) is 0. The zero-order chi connectivity index (χ0) is 24.8. The van der Waals surface area contributed by atoms with Crippen molar-refractivity contribution in [1.29, 1.82) is 0 Å². The molecule has 2 aliphatic rings. The van der Waals surface area contributed by atoms with Crippen LogP contribution in [0.1, 0.15) is 34.6 Å². The number of para-hydroxylation sites is 2. The van der Waals surface area contributed by atoms with Crippen LogP contribution in [0.2, 0.25) is 0 Å². The van der Waals surface area contributed by atoms with E-state index in [1.165, 1.54) is 11.8 Å². The van der Waals surface area contributed by atoms with Crippen LogP contribution in [0.15, 0.2) is 95.0 Å². The Morgan fingerprint density at radius 2 is 1.72 bits per heavy atom. The zero-order valence-corrected chi connectivity index (χ0v) is 19.3. The maximum absolute atomic E-state index is 13.4. The predicted octanol–water partition coefficient (Wildman–Crippen LogP) is 3.93. The molecule has 36 heavy (non-hydrogen) atoms. The predicted molar refractivity (Wildman–Crippen MR) is 136 cm³/mol. The molecule has 0 bridgehead atoms. The van der Waals surface area contributed by atoms with Gasteiger partial charge in [-0.25, -0.2) is 0 Å². The Bertz CT molecular complexity index is 1570. The average molecular weight is 478 g/mol. The molecule has 9 nitrogen and oxygen atoms in total. The van der Waals surface area contributed by atoms with Gasteiger partial charge in [0.05, 0.1) is 15.7 Å². The molecule has 2 aliphatic heterocycles. The Morgan fingerprint density at radius 3 is 2.53 bits per heavy atom. The van der Waals surface area contributed by atoms with E-state index in [9.17, 15) is 14.5 Å². The number of nitrogens with one attached hydrogen (secondary N) is 2. The van der Waals surface area contributed by atoms with Gasteiger partial charge in [-0.1, -0.05) is 66.7 Å². The number of hydrogen-bond acceptors (Lipinski definition) is 4. The van der Waals surface area contributed by atoms with Gasteiger partial charge in [0.2, 0.25) is 0 Å². The lowest BCUT2D eigenvalue weighted by Crippen LogP contribution is -2.55. The molecule has 3 heterocycles. The number of carbonyl (C=O) groups is 2. The standard InChI is InChI=1S/C27H20N6O3/c1-16-27(35)32-22-14-8-6-12-19(22)23(17-9-3-2-4-10-17)29-24(25(32)31-33(16)36)30-26(34)21-15-18-11-5-7-13-20(18)28-21/h2-16,23H,1H3,(H-,28,29,30,34)/p+1. The molecular formula is C27H21N6O3+. The minimum absolute atomic E-state index is 0.0246. The molecule has 0 saturated carbocycles. The van der Waals surface area contributed by atoms with Crippen molar-refractivity contribution in [3.63, 3.8) is 0 Å². The maximum atomic E-state index is 13.4. The number of aliphatic imine (C=N–C) groups is 1. The molecule has 2 atom stereocenters. The monoisotopic (exact) mass is 477 g/mol. The molecular weight excluding hydrogens is 456 g/mol. The quantitative estimate of drug-likeness (QED) is 0.427. The first-order chi connectivity index (χ1) is 17.5. The fraction of sp³-hybridized carbons (Fsp3) is 0.111. The lowest BCUT2D eigenvalue weighted by molar-refractivity contribution is -0.576. The van der Waals surface area contributed by atoms with Crippen molar-refractivity contribution in [3.05, 3.63) is 107 Å². The second-order valence-corrected chi connectivity index (χ2v) is 8.65. The van der Waals surface area contributed by atoms with E-state index in [-0.39, 0.29) is 11.7 Å².